The first-order valence-corrected chi connectivity index (χ1v) is 11.2. The Kier molecular flexibility index (Phi) is 6.94. The lowest BCUT2D eigenvalue weighted by atomic mass is 10.2. The Morgan fingerprint density at radius 1 is 1.19 bits per heavy atom. The van der Waals surface area contributed by atoms with Gasteiger partial charge in [0.2, 0.25) is 15.9 Å². The van der Waals surface area contributed by atoms with Crippen LogP contribution in [0.4, 0.5) is 5.69 Å². The molecule has 0 amide bonds. The number of benzene rings is 2. The molecule has 31 heavy (non-hydrogen) atoms. The summed E-state index contributed by atoms with van der Waals surface area (Å²) in [4.78, 5) is 14.8. The lowest BCUT2D eigenvalue weighted by molar-refractivity contribution is -0.386. The van der Waals surface area contributed by atoms with Gasteiger partial charge in [0.25, 0.3) is 0 Å². The lowest BCUT2D eigenvalue weighted by Crippen LogP contribution is -2.30. The molecule has 0 aliphatic carbocycles. The summed E-state index contributed by atoms with van der Waals surface area (Å²) >= 11 is 5.98. The largest absolute Gasteiger partial charge is 0.477 e. The number of halogens is 1. The smallest absolute Gasteiger partial charge is 0.312 e. The summed E-state index contributed by atoms with van der Waals surface area (Å²) in [5.41, 5.74) is 0.262. The molecule has 2 aromatic carbocycles. The van der Waals surface area contributed by atoms with Crippen LogP contribution in [0.5, 0.6) is 5.75 Å². The van der Waals surface area contributed by atoms with Gasteiger partial charge in [-0.25, -0.2) is 13.4 Å². The number of aromatic nitrogens is 1. The van der Waals surface area contributed by atoms with Crippen LogP contribution in [0, 0.1) is 10.1 Å². The molecule has 0 N–H and O–H groups in total. The van der Waals surface area contributed by atoms with Crippen LogP contribution in [-0.2, 0) is 16.6 Å². The molecule has 0 fully saturated rings. The molecule has 0 spiro atoms. The van der Waals surface area contributed by atoms with Gasteiger partial charge in [-0.2, -0.15) is 4.31 Å². The first-order valence-electron chi connectivity index (χ1n) is 9.38. The summed E-state index contributed by atoms with van der Waals surface area (Å²) in [6, 6.07) is 10.6. The summed E-state index contributed by atoms with van der Waals surface area (Å²) in [5.74, 6) is 0.575. The third kappa shape index (κ3) is 5.04. The Balaban J connectivity index is 1.82. The topological polar surface area (TPSA) is 116 Å². The minimum absolute atomic E-state index is 0.0917. The molecular weight excluding hydrogens is 446 g/mol. The molecule has 0 saturated heterocycles. The molecule has 0 atom stereocenters. The number of nitrogens with zero attached hydrogens (tertiary/aromatic N) is 3. The van der Waals surface area contributed by atoms with E-state index in [9.17, 15) is 18.5 Å². The molecule has 0 saturated carbocycles. The predicted octanol–water partition coefficient (Wildman–Crippen LogP) is 4.51. The highest BCUT2D eigenvalue weighted by Gasteiger charge is 2.26. The number of rotatable bonds is 9. The second-order valence-electron chi connectivity index (χ2n) is 6.39. The lowest BCUT2D eigenvalue weighted by Gasteiger charge is -2.18. The van der Waals surface area contributed by atoms with Crippen LogP contribution >= 0.6 is 11.6 Å². The SMILES string of the molecule is CCN(CC)S(=O)(=O)c1ccc(OCc2ncc(-c3cccc(Cl)c3)o2)c([N+](=O)[O-])c1. The number of oxazole rings is 1. The van der Waals surface area contributed by atoms with Crippen molar-refractivity contribution in [1.29, 1.82) is 0 Å². The van der Waals surface area contributed by atoms with Gasteiger partial charge >= 0.3 is 5.69 Å². The van der Waals surface area contributed by atoms with E-state index in [0.717, 1.165) is 11.6 Å². The normalized spacial score (nSPS) is 11.6. The molecule has 0 aliphatic heterocycles. The van der Waals surface area contributed by atoms with E-state index < -0.39 is 20.6 Å². The van der Waals surface area contributed by atoms with E-state index in [-0.39, 0.29) is 36.2 Å². The maximum absolute atomic E-state index is 12.6. The molecule has 1 heterocycles. The zero-order chi connectivity index (χ0) is 22.6. The number of nitro groups is 1. The van der Waals surface area contributed by atoms with Gasteiger partial charge in [-0.3, -0.25) is 10.1 Å². The van der Waals surface area contributed by atoms with Crippen molar-refractivity contribution in [2.75, 3.05) is 13.1 Å². The van der Waals surface area contributed by atoms with E-state index in [1.165, 1.54) is 22.6 Å². The minimum atomic E-state index is -3.84. The van der Waals surface area contributed by atoms with Gasteiger partial charge in [0.05, 0.1) is 16.0 Å². The van der Waals surface area contributed by atoms with Crippen molar-refractivity contribution in [3.05, 3.63) is 69.7 Å². The molecule has 0 unspecified atom stereocenters. The quantitative estimate of drug-likeness (QED) is 0.337. The zero-order valence-corrected chi connectivity index (χ0v) is 18.4. The Morgan fingerprint density at radius 2 is 1.94 bits per heavy atom. The van der Waals surface area contributed by atoms with E-state index in [4.69, 9.17) is 20.8 Å². The first kappa shape index (κ1) is 22.7. The Bertz CT molecular complexity index is 1190. The molecule has 3 aromatic rings. The van der Waals surface area contributed by atoms with E-state index in [1.54, 1.807) is 38.1 Å². The summed E-state index contributed by atoms with van der Waals surface area (Å²) < 4.78 is 37.6. The van der Waals surface area contributed by atoms with E-state index in [1.807, 2.05) is 0 Å². The molecule has 3 rings (SSSR count). The third-order valence-electron chi connectivity index (χ3n) is 4.48. The highest BCUT2D eigenvalue weighted by molar-refractivity contribution is 7.89. The highest BCUT2D eigenvalue weighted by Crippen LogP contribution is 2.32. The second-order valence-corrected chi connectivity index (χ2v) is 8.77. The maximum Gasteiger partial charge on any atom is 0.312 e. The molecule has 0 aliphatic rings. The molecule has 0 radical (unpaired) electrons. The van der Waals surface area contributed by atoms with E-state index in [2.05, 4.69) is 4.98 Å². The standard InChI is InChI=1S/C20H20ClN3O6S/c1-3-23(4-2)31(27,28)16-8-9-18(17(11-16)24(25)26)29-13-20-22-12-19(30-20)14-6-5-7-15(21)10-14/h5-12H,3-4,13H2,1-2H3. The molecule has 0 bridgehead atoms. The summed E-state index contributed by atoms with van der Waals surface area (Å²) in [6.07, 6.45) is 1.50. The number of hydrogen-bond donors (Lipinski definition) is 0. The maximum atomic E-state index is 12.6. The zero-order valence-electron chi connectivity index (χ0n) is 16.8. The van der Waals surface area contributed by atoms with Gasteiger partial charge in [-0.15, -0.1) is 0 Å². The monoisotopic (exact) mass is 465 g/mol. The summed E-state index contributed by atoms with van der Waals surface area (Å²) in [6.45, 7) is 3.72. The van der Waals surface area contributed by atoms with Gasteiger partial charge in [-0.1, -0.05) is 37.6 Å². The van der Waals surface area contributed by atoms with Gasteiger partial charge in [0.15, 0.2) is 18.1 Å². The van der Waals surface area contributed by atoms with Crippen LogP contribution < -0.4 is 4.74 Å². The van der Waals surface area contributed by atoms with E-state index >= 15 is 0 Å². The van der Waals surface area contributed by atoms with Gasteiger partial charge in [0, 0.05) is 29.7 Å². The van der Waals surface area contributed by atoms with Crippen LogP contribution in [0.15, 0.2) is 58.0 Å². The Hall–Kier alpha value is -2.95. The number of ether oxygens (including phenoxy) is 1. The van der Waals surface area contributed by atoms with Crippen molar-refractivity contribution in [3.63, 3.8) is 0 Å². The highest BCUT2D eigenvalue weighted by atomic mass is 35.5. The van der Waals surface area contributed by atoms with Gasteiger partial charge < -0.3 is 9.15 Å². The van der Waals surface area contributed by atoms with Gasteiger partial charge in [0.1, 0.15) is 0 Å². The second kappa shape index (κ2) is 9.46. The minimum Gasteiger partial charge on any atom is -0.477 e. The van der Waals surface area contributed by atoms with Crippen molar-refractivity contribution in [3.8, 4) is 17.1 Å². The van der Waals surface area contributed by atoms with E-state index in [0.29, 0.717) is 10.8 Å². The summed E-state index contributed by atoms with van der Waals surface area (Å²) in [5, 5.41) is 12.1. The fraction of sp³-hybridized carbons (Fsp3) is 0.250. The Morgan fingerprint density at radius 3 is 2.58 bits per heavy atom. The molecule has 11 heteroatoms. The molecule has 9 nitrogen and oxygen atoms in total. The summed E-state index contributed by atoms with van der Waals surface area (Å²) in [7, 11) is -3.84. The van der Waals surface area contributed by atoms with Gasteiger partial charge in [-0.05, 0) is 24.3 Å². The number of nitro benzene ring substituents is 1. The van der Waals surface area contributed by atoms with Crippen molar-refractivity contribution < 1.29 is 22.5 Å². The fourth-order valence-corrected chi connectivity index (χ4v) is 4.60. The van der Waals surface area contributed by atoms with Crippen LogP contribution in [-0.4, -0.2) is 35.7 Å². The molecule has 1 aromatic heterocycles. The van der Waals surface area contributed by atoms with Crippen LogP contribution in [0.2, 0.25) is 5.02 Å². The van der Waals surface area contributed by atoms with Crippen LogP contribution in [0.3, 0.4) is 0 Å². The number of hydrogen-bond acceptors (Lipinski definition) is 7. The first-order chi connectivity index (χ1) is 14.8. The predicted molar refractivity (Wildman–Crippen MR) is 114 cm³/mol. The fourth-order valence-electron chi connectivity index (χ4n) is 2.93. The third-order valence-corrected chi connectivity index (χ3v) is 6.77. The van der Waals surface area contributed by atoms with Crippen molar-refractivity contribution in [2.24, 2.45) is 0 Å². The van der Waals surface area contributed by atoms with Crippen molar-refractivity contribution >= 4 is 27.3 Å². The average molecular weight is 466 g/mol. The van der Waals surface area contributed by atoms with Crippen molar-refractivity contribution in [2.45, 2.75) is 25.3 Å². The number of sulfonamides is 1. The average Bonchev–Trinajstić information content (AvgIpc) is 3.22. The van der Waals surface area contributed by atoms with Crippen molar-refractivity contribution in [1.82, 2.24) is 9.29 Å². The Labute approximate surface area is 184 Å². The van der Waals surface area contributed by atoms with Crippen LogP contribution in [0.1, 0.15) is 19.7 Å². The molecular formula is C20H20ClN3O6S. The van der Waals surface area contributed by atoms with Crippen LogP contribution in [0.25, 0.3) is 11.3 Å². The molecule has 164 valence electrons.